The summed E-state index contributed by atoms with van der Waals surface area (Å²) < 4.78 is 51.7. The van der Waals surface area contributed by atoms with Gasteiger partial charge in [0.05, 0.1) is 22.7 Å². The maximum absolute atomic E-state index is 12.9. The molecule has 1 amide bonds. The van der Waals surface area contributed by atoms with Crippen LogP contribution < -0.4 is 9.64 Å². The Balaban J connectivity index is 2.07. The average Bonchev–Trinajstić information content (AvgIpc) is 2.85. The van der Waals surface area contributed by atoms with Gasteiger partial charge in [-0.1, -0.05) is 34.8 Å². The largest absolute Gasteiger partial charge is 0.772 e. The van der Waals surface area contributed by atoms with Crippen molar-refractivity contribution in [2.75, 3.05) is 17.9 Å². The maximum Gasteiger partial charge on any atom is 0.259 e. The zero-order valence-corrected chi connectivity index (χ0v) is 15.9. The molecule has 7 nitrogen and oxygen atoms in total. The van der Waals surface area contributed by atoms with Gasteiger partial charge in [-0.2, -0.15) is 0 Å². The molecule has 0 radical (unpaired) electrons. The van der Waals surface area contributed by atoms with Crippen LogP contribution in [0.1, 0.15) is 15.9 Å². The molecular weight excluding hydrogens is 402 g/mol. The van der Waals surface area contributed by atoms with Crippen molar-refractivity contribution in [2.45, 2.75) is 10.6 Å². The predicted octanol–water partition coefficient (Wildman–Crippen LogP) is 2.12. The van der Waals surface area contributed by atoms with Crippen molar-refractivity contribution in [3.05, 3.63) is 52.5 Å². The summed E-state index contributed by atoms with van der Waals surface area (Å²) in [6, 6.07) is 8.86. The number of fused-ring (bicyclic) bond motifs is 1. The Kier molecular flexibility index (Phi) is 5.07. The van der Waals surface area contributed by atoms with Gasteiger partial charge in [0.25, 0.3) is 5.91 Å². The van der Waals surface area contributed by atoms with Gasteiger partial charge in [0.15, 0.2) is 9.84 Å². The van der Waals surface area contributed by atoms with Crippen LogP contribution in [0.2, 0.25) is 5.02 Å². The molecule has 2 aromatic rings. The molecule has 1 atom stereocenters. The number of rotatable bonds is 4. The summed E-state index contributed by atoms with van der Waals surface area (Å²) in [7, 11) is -2.27. The SMILES string of the molecule is COc1c(Cl)cc(C(=O)N2CS(=O)(=O)c3ccccc32)cc1CS(=O)[O-]. The fourth-order valence-electron chi connectivity index (χ4n) is 2.81. The van der Waals surface area contributed by atoms with Gasteiger partial charge in [0.2, 0.25) is 0 Å². The van der Waals surface area contributed by atoms with Crippen molar-refractivity contribution in [1.29, 1.82) is 0 Å². The molecule has 0 N–H and O–H groups in total. The second-order valence-corrected chi connectivity index (χ2v) is 8.77. The highest BCUT2D eigenvalue weighted by Crippen LogP contribution is 2.36. The molecule has 2 aromatic carbocycles. The van der Waals surface area contributed by atoms with Crippen LogP contribution in [-0.4, -0.2) is 36.1 Å². The van der Waals surface area contributed by atoms with Crippen molar-refractivity contribution in [3.8, 4) is 5.75 Å². The summed E-state index contributed by atoms with van der Waals surface area (Å²) in [6.07, 6.45) is 0. The maximum atomic E-state index is 12.9. The molecule has 138 valence electrons. The Bertz CT molecular complexity index is 1020. The van der Waals surface area contributed by atoms with Crippen LogP contribution in [0.3, 0.4) is 0 Å². The van der Waals surface area contributed by atoms with E-state index < -0.39 is 32.7 Å². The first-order valence-electron chi connectivity index (χ1n) is 7.30. The lowest BCUT2D eigenvalue weighted by Gasteiger charge is -2.18. The number of hydrogen-bond donors (Lipinski definition) is 0. The molecule has 0 bridgehead atoms. The van der Waals surface area contributed by atoms with E-state index in [-0.39, 0.29) is 38.2 Å². The third-order valence-corrected chi connectivity index (χ3v) is 6.32. The second-order valence-electron chi connectivity index (χ2n) is 5.54. The standard InChI is InChI=1S/C16H14ClNO6S2/c1-24-15-11(8-25(20)21)6-10(7-12(15)17)16(19)18-9-26(22,23)14-5-3-2-4-13(14)18/h2-7H,8-9H2,1H3,(H,20,21)/p-1. The minimum atomic E-state index is -3.61. The van der Waals surface area contributed by atoms with E-state index in [0.717, 1.165) is 4.90 Å². The van der Waals surface area contributed by atoms with E-state index in [9.17, 15) is 22.0 Å². The van der Waals surface area contributed by atoms with Crippen LogP contribution in [0.5, 0.6) is 5.75 Å². The molecule has 26 heavy (non-hydrogen) atoms. The number of carbonyl (C=O) groups is 1. The number of sulfone groups is 1. The lowest BCUT2D eigenvalue weighted by Crippen LogP contribution is -2.30. The normalized spacial score (nSPS) is 16.2. The molecule has 3 rings (SSSR count). The molecule has 0 fully saturated rings. The van der Waals surface area contributed by atoms with Crippen LogP contribution in [-0.2, 0) is 26.7 Å². The van der Waals surface area contributed by atoms with Crippen molar-refractivity contribution in [1.82, 2.24) is 0 Å². The van der Waals surface area contributed by atoms with E-state index in [1.807, 2.05) is 0 Å². The van der Waals surface area contributed by atoms with Crippen LogP contribution in [0.15, 0.2) is 41.3 Å². The van der Waals surface area contributed by atoms with Gasteiger partial charge in [-0.15, -0.1) is 0 Å². The number of nitrogens with zero attached hydrogens (tertiary/aromatic N) is 1. The van der Waals surface area contributed by atoms with E-state index in [1.165, 1.54) is 31.4 Å². The minimum Gasteiger partial charge on any atom is -0.772 e. The zero-order chi connectivity index (χ0) is 19.1. The van der Waals surface area contributed by atoms with Gasteiger partial charge in [-0.05, 0) is 24.3 Å². The molecule has 0 aliphatic carbocycles. The van der Waals surface area contributed by atoms with Gasteiger partial charge < -0.3 is 9.29 Å². The molecule has 0 aromatic heterocycles. The summed E-state index contributed by atoms with van der Waals surface area (Å²) in [5.41, 5.74) is 0.563. The smallest absolute Gasteiger partial charge is 0.259 e. The van der Waals surface area contributed by atoms with Gasteiger partial charge in [0.1, 0.15) is 11.6 Å². The number of methoxy groups -OCH3 is 1. The molecule has 0 saturated carbocycles. The Morgan fingerprint density at radius 1 is 1.35 bits per heavy atom. The number of anilines is 1. The van der Waals surface area contributed by atoms with E-state index in [0.29, 0.717) is 0 Å². The van der Waals surface area contributed by atoms with Crippen molar-refractivity contribution in [3.63, 3.8) is 0 Å². The van der Waals surface area contributed by atoms with Crippen molar-refractivity contribution < 1.29 is 26.7 Å². The monoisotopic (exact) mass is 414 g/mol. The summed E-state index contributed by atoms with van der Waals surface area (Å²) in [5, 5.41) is 0.0640. The van der Waals surface area contributed by atoms with Crippen LogP contribution >= 0.6 is 11.6 Å². The number of para-hydroxylation sites is 1. The van der Waals surface area contributed by atoms with E-state index in [1.54, 1.807) is 12.1 Å². The third-order valence-electron chi connectivity index (χ3n) is 3.88. The zero-order valence-electron chi connectivity index (χ0n) is 13.5. The molecular formula is C16H13ClNO6S2-. The van der Waals surface area contributed by atoms with E-state index >= 15 is 0 Å². The fraction of sp³-hybridized carbons (Fsp3) is 0.188. The number of ether oxygens (including phenoxy) is 1. The van der Waals surface area contributed by atoms with Gasteiger partial charge >= 0.3 is 0 Å². The highest BCUT2D eigenvalue weighted by atomic mass is 35.5. The topological polar surface area (TPSA) is 104 Å². The van der Waals surface area contributed by atoms with Gasteiger partial charge in [-0.3, -0.25) is 13.9 Å². The van der Waals surface area contributed by atoms with Crippen LogP contribution in [0.4, 0.5) is 5.69 Å². The number of hydrogen-bond acceptors (Lipinski definition) is 6. The number of amides is 1. The molecule has 1 unspecified atom stereocenters. The van der Waals surface area contributed by atoms with E-state index in [4.69, 9.17) is 16.3 Å². The second kappa shape index (κ2) is 6.99. The minimum absolute atomic E-state index is 0.0640. The average molecular weight is 415 g/mol. The molecule has 1 aliphatic rings. The lowest BCUT2D eigenvalue weighted by atomic mass is 10.1. The first kappa shape index (κ1) is 18.8. The molecule has 1 aliphatic heterocycles. The summed E-state index contributed by atoms with van der Waals surface area (Å²) >= 11 is 3.69. The number of halogens is 1. The number of carbonyl (C=O) groups excluding carboxylic acids is 1. The Labute approximate surface area is 157 Å². The molecule has 0 saturated heterocycles. The first-order valence-corrected chi connectivity index (χ1v) is 10.6. The summed E-state index contributed by atoms with van der Waals surface area (Å²) in [6.45, 7) is 0. The summed E-state index contributed by atoms with van der Waals surface area (Å²) in [4.78, 5) is 14.1. The lowest BCUT2D eigenvalue weighted by molar-refractivity contribution is 0.0991. The molecule has 10 heteroatoms. The third kappa shape index (κ3) is 3.35. The fourth-order valence-corrected chi connectivity index (χ4v) is 5.12. The first-order chi connectivity index (χ1) is 12.2. The number of benzene rings is 2. The Morgan fingerprint density at radius 2 is 2.04 bits per heavy atom. The molecule has 0 spiro atoms. The van der Waals surface area contributed by atoms with Gasteiger partial charge in [0, 0.05) is 16.9 Å². The quantitative estimate of drug-likeness (QED) is 0.710. The van der Waals surface area contributed by atoms with Crippen LogP contribution in [0.25, 0.3) is 0 Å². The summed E-state index contributed by atoms with van der Waals surface area (Å²) in [5.74, 6) is -1.32. The Hall–Kier alpha value is -1.94. The Morgan fingerprint density at radius 3 is 2.69 bits per heavy atom. The molecule has 1 heterocycles. The van der Waals surface area contributed by atoms with Crippen LogP contribution in [0, 0.1) is 0 Å². The highest BCUT2D eigenvalue weighted by Gasteiger charge is 2.36. The van der Waals surface area contributed by atoms with E-state index in [2.05, 4.69) is 0 Å². The van der Waals surface area contributed by atoms with Crippen molar-refractivity contribution >= 4 is 44.1 Å². The van der Waals surface area contributed by atoms with Gasteiger partial charge in [-0.25, -0.2) is 8.42 Å². The highest BCUT2D eigenvalue weighted by molar-refractivity contribution is 7.92. The van der Waals surface area contributed by atoms with Crippen molar-refractivity contribution in [2.24, 2.45) is 0 Å². The predicted molar refractivity (Wildman–Crippen MR) is 95.9 cm³/mol.